The molecule has 1 heterocycles. The summed E-state index contributed by atoms with van der Waals surface area (Å²) in [6, 6.07) is 0.938. The molecular formula is C3H3N3O2. The van der Waals surface area contributed by atoms with Crippen molar-refractivity contribution in [1.29, 1.82) is 0 Å². The van der Waals surface area contributed by atoms with Crippen LogP contribution in [0.1, 0.15) is 0 Å². The van der Waals surface area contributed by atoms with Crippen molar-refractivity contribution in [2.24, 2.45) is 0 Å². The highest BCUT2D eigenvalue weighted by Gasteiger charge is 1.86. The number of aromatic nitrogens is 3. The van der Waals surface area contributed by atoms with Crippen molar-refractivity contribution in [1.82, 2.24) is 15.4 Å². The summed E-state index contributed by atoms with van der Waals surface area (Å²) in [5.41, 5.74) is -0.461. The molecule has 1 aromatic rings. The molecule has 42 valence electrons. The summed E-state index contributed by atoms with van der Waals surface area (Å²) >= 11 is 0. The molecule has 0 aromatic carbocycles. The molecule has 0 saturated heterocycles. The van der Waals surface area contributed by atoms with E-state index in [0.29, 0.717) is 0 Å². The molecule has 0 fully saturated rings. The minimum absolute atomic E-state index is 0.367. The summed E-state index contributed by atoms with van der Waals surface area (Å²) in [6.07, 6.45) is 0. The summed E-state index contributed by atoms with van der Waals surface area (Å²) in [7, 11) is 0. The maximum atomic E-state index is 10.2. The predicted molar refractivity (Wildman–Crippen MR) is 24.3 cm³/mol. The van der Waals surface area contributed by atoms with Crippen LogP contribution in [0.4, 0.5) is 0 Å². The lowest BCUT2D eigenvalue weighted by molar-refractivity contribution is 0.438. The Morgan fingerprint density at radius 1 is 1.75 bits per heavy atom. The molecule has 5 heteroatoms. The Morgan fingerprint density at radius 2 is 2.50 bits per heavy atom. The zero-order valence-electron chi connectivity index (χ0n) is 3.83. The molecule has 0 saturated carbocycles. The molecule has 0 aliphatic heterocycles. The van der Waals surface area contributed by atoms with E-state index in [1.165, 1.54) is 0 Å². The Labute approximate surface area is 44.0 Å². The second-order valence-corrected chi connectivity index (χ2v) is 1.18. The van der Waals surface area contributed by atoms with Crippen molar-refractivity contribution in [3.8, 4) is 5.88 Å². The van der Waals surface area contributed by atoms with E-state index in [1.807, 2.05) is 5.10 Å². The lowest BCUT2D eigenvalue weighted by Gasteiger charge is -1.80. The molecule has 0 aliphatic rings. The first-order valence-electron chi connectivity index (χ1n) is 1.90. The molecular weight excluding hydrogens is 110 g/mol. The summed E-state index contributed by atoms with van der Waals surface area (Å²) in [5.74, 6) is -0.367. The smallest absolute Gasteiger partial charge is 0.270 e. The van der Waals surface area contributed by atoms with Crippen LogP contribution in [0.5, 0.6) is 5.88 Å². The topological polar surface area (TPSA) is 78.9 Å². The van der Waals surface area contributed by atoms with Crippen LogP contribution >= 0.6 is 0 Å². The van der Waals surface area contributed by atoms with Crippen molar-refractivity contribution in [3.05, 3.63) is 16.4 Å². The predicted octanol–water partition coefficient (Wildman–Crippen LogP) is -1.13. The lowest BCUT2D eigenvalue weighted by Crippen LogP contribution is -2.05. The second-order valence-electron chi connectivity index (χ2n) is 1.18. The van der Waals surface area contributed by atoms with Crippen LogP contribution in [0.15, 0.2) is 10.9 Å². The van der Waals surface area contributed by atoms with Crippen molar-refractivity contribution < 1.29 is 5.11 Å². The summed E-state index contributed by atoms with van der Waals surface area (Å²) in [6.45, 7) is 0. The largest absolute Gasteiger partial charge is 0.492 e. The van der Waals surface area contributed by atoms with E-state index in [2.05, 4.69) is 10.3 Å². The van der Waals surface area contributed by atoms with Crippen molar-refractivity contribution >= 4 is 0 Å². The van der Waals surface area contributed by atoms with Gasteiger partial charge in [-0.15, -0.1) is 0 Å². The van der Waals surface area contributed by atoms with Gasteiger partial charge in [0.2, 0.25) is 5.88 Å². The first-order chi connectivity index (χ1) is 3.79. The van der Waals surface area contributed by atoms with E-state index in [4.69, 9.17) is 5.11 Å². The minimum atomic E-state index is -0.461. The number of nitrogens with one attached hydrogen (secondary N) is 1. The Balaban J connectivity index is 3.28. The average molecular weight is 113 g/mol. The summed E-state index contributed by atoms with van der Waals surface area (Å²) < 4.78 is 0. The Bertz CT molecular complexity index is 230. The van der Waals surface area contributed by atoms with Gasteiger partial charge in [-0.25, -0.2) is 5.10 Å². The molecule has 0 unspecified atom stereocenters. The normalized spacial score (nSPS) is 9.00. The zero-order chi connectivity index (χ0) is 5.98. The molecule has 0 atom stereocenters. The van der Waals surface area contributed by atoms with Gasteiger partial charge in [-0.05, 0) is 0 Å². The van der Waals surface area contributed by atoms with Gasteiger partial charge < -0.3 is 5.11 Å². The fourth-order valence-electron chi connectivity index (χ4n) is 0.304. The maximum absolute atomic E-state index is 10.2. The molecule has 5 nitrogen and oxygen atoms in total. The van der Waals surface area contributed by atoms with Crippen LogP contribution in [-0.4, -0.2) is 20.5 Å². The maximum Gasteiger partial charge on any atom is 0.270 e. The molecule has 0 aliphatic carbocycles. The van der Waals surface area contributed by atoms with E-state index in [1.54, 1.807) is 0 Å². The number of hydrogen-bond donors (Lipinski definition) is 2. The monoisotopic (exact) mass is 113 g/mol. The SMILES string of the molecule is O=c1cc(O)nn[nH]1. The Hall–Kier alpha value is -1.39. The fraction of sp³-hybridized carbons (Fsp3) is 0. The Morgan fingerprint density at radius 3 is 2.88 bits per heavy atom. The number of nitrogens with zero attached hydrogens (tertiary/aromatic N) is 2. The average Bonchev–Trinajstić information content (AvgIpc) is 1.64. The van der Waals surface area contributed by atoms with Gasteiger partial charge in [0.1, 0.15) is 0 Å². The number of H-pyrrole nitrogens is 1. The van der Waals surface area contributed by atoms with Gasteiger partial charge in [-0.3, -0.25) is 4.79 Å². The molecule has 8 heavy (non-hydrogen) atoms. The molecule has 0 bridgehead atoms. The van der Waals surface area contributed by atoms with E-state index < -0.39 is 5.56 Å². The van der Waals surface area contributed by atoms with Crippen LogP contribution in [0.2, 0.25) is 0 Å². The van der Waals surface area contributed by atoms with Crippen molar-refractivity contribution in [2.75, 3.05) is 0 Å². The number of aromatic hydroxyl groups is 1. The highest BCUT2D eigenvalue weighted by Crippen LogP contribution is 1.88. The number of hydrogen-bond acceptors (Lipinski definition) is 4. The molecule has 2 N–H and O–H groups in total. The van der Waals surface area contributed by atoms with Gasteiger partial charge in [0, 0.05) is 0 Å². The number of rotatable bonds is 0. The van der Waals surface area contributed by atoms with E-state index >= 15 is 0 Å². The molecule has 0 spiro atoms. The molecule has 1 rings (SSSR count). The van der Waals surface area contributed by atoms with Crippen LogP contribution in [0.25, 0.3) is 0 Å². The molecule has 1 aromatic heterocycles. The molecule has 0 radical (unpaired) electrons. The van der Waals surface area contributed by atoms with Gasteiger partial charge in [0.15, 0.2) is 0 Å². The summed E-state index contributed by atoms with van der Waals surface area (Å²) in [5, 5.41) is 16.6. The quantitative estimate of drug-likeness (QED) is 0.446. The highest BCUT2D eigenvalue weighted by molar-refractivity contribution is 4.98. The van der Waals surface area contributed by atoms with Crippen LogP contribution in [-0.2, 0) is 0 Å². The van der Waals surface area contributed by atoms with Crippen molar-refractivity contribution in [3.63, 3.8) is 0 Å². The van der Waals surface area contributed by atoms with Gasteiger partial charge in [0.25, 0.3) is 5.56 Å². The second kappa shape index (κ2) is 1.61. The Kier molecular flexibility index (Phi) is 0.957. The first kappa shape index (κ1) is 4.76. The third kappa shape index (κ3) is 0.810. The fourth-order valence-corrected chi connectivity index (χ4v) is 0.304. The van der Waals surface area contributed by atoms with Crippen molar-refractivity contribution in [2.45, 2.75) is 0 Å². The zero-order valence-corrected chi connectivity index (χ0v) is 3.83. The highest BCUT2D eigenvalue weighted by atomic mass is 16.3. The standard InChI is InChI=1S/C3H3N3O2/c7-2-1-3(8)5-6-4-2/h1H,(H2,4,5,7,8). The van der Waals surface area contributed by atoms with Crippen LogP contribution in [0.3, 0.4) is 0 Å². The molecule has 0 amide bonds. The van der Waals surface area contributed by atoms with E-state index in [-0.39, 0.29) is 5.88 Å². The third-order valence-electron chi connectivity index (χ3n) is 0.573. The minimum Gasteiger partial charge on any atom is -0.492 e. The van der Waals surface area contributed by atoms with Gasteiger partial charge in [-0.2, -0.15) is 0 Å². The number of aromatic amines is 1. The van der Waals surface area contributed by atoms with E-state index in [0.717, 1.165) is 6.07 Å². The van der Waals surface area contributed by atoms with Gasteiger partial charge in [-0.1, -0.05) is 10.3 Å². The van der Waals surface area contributed by atoms with Crippen LogP contribution < -0.4 is 5.56 Å². The van der Waals surface area contributed by atoms with Crippen LogP contribution in [0, 0.1) is 0 Å². The third-order valence-corrected chi connectivity index (χ3v) is 0.573. The lowest BCUT2D eigenvalue weighted by atomic mass is 10.7. The van der Waals surface area contributed by atoms with E-state index in [9.17, 15) is 4.79 Å². The van der Waals surface area contributed by atoms with Gasteiger partial charge in [0.05, 0.1) is 6.07 Å². The summed E-state index contributed by atoms with van der Waals surface area (Å²) in [4.78, 5) is 10.2. The first-order valence-corrected chi connectivity index (χ1v) is 1.90. The van der Waals surface area contributed by atoms with Gasteiger partial charge >= 0.3 is 0 Å².